The largest absolute Gasteiger partial charge is 0.480 e. The normalized spacial score (nSPS) is 17.5. The second kappa shape index (κ2) is 6.05. The first kappa shape index (κ1) is 14.3. The number of hydrogen-bond acceptors (Lipinski definition) is 4. The minimum atomic E-state index is -1.02. The van der Waals surface area contributed by atoms with Gasteiger partial charge in [0.15, 0.2) is 0 Å². The van der Waals surface area contributed by atoms with E-state index in [4.69, 9.17) is 9.47 Å². The molecule has 0 aliphatic rings. The third-order valence-electron chi connectivity index (χ3n) is 2.73. The number of carboxylic acids is 1. The lowest BCUT2D eigenvalue weighted by atomic mass is 10.00. The third kappa shape index (κ3) is 3.44. The molecule has 0 aromatic heterocycles. The summed E-state index contributed by atoms with van der Waals surface area (Å²) in [6.45, 7) is 4.20. The van der Waals surface area contributed by atoms with Crippen LogP contribution in [-0.2, 0) is 14.3 Å². The number of rotatable bonds is 7. The Hall–Kier alpha value is -0.650. The van der Waals surface area contributed by atoms with Crippen molar-refractivity contribution in [3.05, 3.63) is 0 Å². The van der Waals surface area contributed by atoms with E-state index >= 15 is 0 Å². The van der Waals surface area contributed by atoms with Gasteiger partial charge in [0, 0.05) is 20.3 Å². The van der Waals surface area contributed by atoms with Crippen molar-refractivity contribution in [1.29, 1.82) is 0 Å². The van der Waals surface area contributed by atoms with Gasteiger partial charge in [-0.3, -0.25) is 9.69 Å². The Morgan fingerprint density at radius 3 is 2.33 bits per heavy atom. The highest BCUT2D eigenvalue weighted by Crippen LogP contribution is 2.17. The number of hydrogen-bond donors (Lipinski definition) is 1. The summed E-state index contributed by atoms with van der Waals surface area (Å²) in [5.41, 5.74) is -1.02. The van der Waals surface area contributed by atoms with E-state index in [1.807, 2.05) is 6.92 Å². The van der Waals surface area contributed by atoms with Gasteiger partial charge in [0.2, 0.25) is 0 Å². The van der Waals surface area contributed by atoms with Crippen LogP contribution in [0.4, 0.5) is 0 Å². The molecule has 0 rings (SSSR count). The topological polar surface area (TPSA) is 59.0 Å². The molecule has 0 saturated heterocycles. The van der Waals surface area contributed by atoms with E-state index in [0.717, 1.165) is 0 Å². The smallest absolute Gasteiger partial charge is 0.326 e. The summed E-state index contributed by atoms with van der Waals surface area (Å²) in [7, 11) is 4.85. The van der Waals surface area contributed by atoms with Gasteiger partial charge in [0.1, 0.15) is 5.54 Å². The molecule has 0 aliphatic carbocycles. The standard InChI is InChI=1S/C10H21NO4/c1-8(6-14-4)11(3)10(2,7-15-5)9(12)13/h8H,6-7H2,1-5H3,(H,12,13). The number of methoxy groups -OCH3 is 2. The van der Waals surface area contributed by atoms with Crippen LogP contribution in [0.25, 0.3) is 0 Å². The van der Waals surface area contributed by atoms with Crippen LogP contribution in [0.15, 0.2) is 0 Å². The molecule has 0 aromatic carbocycles. The maximum atomic E-state index is 11.2. The highest BCUT2D eigenvalue weighted by molar-refractivity contribution is 5.78. The third-order valence-corrected chi connectivity index (χ3v) is 2.73. The van der Waals surface area contributed by atoms with E-state index in [1.165, 1.54) is 7.11 Å². The first-order valence-corrected chi connectivity index (χ1v) is 4.84. The minimum Gasteiger partial charge on any atom is -0.480 e. The van der Waals surface area contributed by atoms with Gasteiger partial charge in [-0.15, -0.1) is 0 Å². The molecule has 0 radical (unpaired) electrons. The van der Waals surface area contributed by atoms with Crippen molar-refractivity contribution >= 4 is 5.97 Å². The van der Waals surface area contributed by atoms with E-state index in [9.17, 15) is 9.90 Å². The highest BCUT2D eigenvalue weighted by atomic mass is 16.5. The molecule has 0 aliphatic heterocycles. The Labute approximate surface area is 91.0 Å². The van der Waals surface area contributed by atoms with Gasteiger partial charge in [0.25, 0.3) is 0 Å². The summed E-state index contributed by atoms with van der Waals surface area (Å²) in [6, 6.07) is 0.0197. The van der Waals surface area contributed by atoms with Crippen LogP contribution in [-0.4, -0.2) is 62.0 Å². The summed E-state index contributed by atoms with van der Waals surface area (Å²) < 4.78 is 9.96. The molecular formula is C10H21NO4. The zero-order valence-electron chi connectivity index (χ0n) is 10.1. The molecule has 0 heterocycles. The molecule has 5 nitrogen and oxygen atoms in total. The SMILES string of the molecule is COCC(C)N(C)C(C)(COC)C(=O)O. The van der Waals surface area contributed by atoms with Crippen LogP contribution in [0, 0.1) is 0 Å². The second-order valence-electron chi connectivity index (χ2n) is 3.93. The molecule has 2 unspecified atom stereocenters. The molecule has 2 atom stereocenters. The maximum absolute atomic E-state index is 11.2. The quantitative estimate of drug-likeness (QED) is 0.673. The van der Waals surface area contributed by atoms with Gasteiger partial charge in [-0.05, 0) is 20.9 Å². The molecule has 0 aromatic rings. The Balaban J connectivity index is 4.68. The molecule has 0 bridgehead atoms. The average Bonchev–Trinajstić information content (AvgIpc) is 2.17. The Bertz CT molecular complexity index is 210. The highest BCUT2D eigenvalue weighted by Gasteiger charge is 2.39. The number of carbonyl (C=O) groups is 1. The first-order valence-electron chi connectivity index (χ1n) is 4.84. The Morgan fingerprint density at radius 2 is 2.00 bits per heavy atom. The van der Waals surface area contributed by atoms with Crippen molar-refractivity contribution in [3.63, 3.8) is 0 Å². The molecule has 5 heteroatoms. The van der Waals surface area contributed by atoms with E-state index in [2.05, 4.69) is 0 Å². The van der Waals surface area contributed by atoms with Crippen LogP contribution in [0.2, 0.25) is 0 Å². The zero-order chi connectivity index (χ0) is 12.1. The van der Waals surface area contributed by atoms with Gasteiger partial charge in [-0.25, -0.2) is 0 Å². The monoisotopic (exact) mass is 219 g/mol. The van der Waals surface area contributed by atoms with Crippen LogP contribution in [0.5, 0.6) is 0 Å². The summed E-state index contributed by atoms with van der Waals surface area (Å²) >= 11 is 0. The Kier molecular flexibility index (Phi) is 5.79. The molecule has 1 N–H and O–H groups in total. The van der Waals surface area contributed by atoms with E-state index in [1.54, 1.807) is 26.0 Å². The van der Waals surface area contributed by atoms with Crippen LogP contribution >= 0.6 is 0 Å². The number of ether oxygens (including phenoxy) is 2. The van der Waals surface area contributed by atoms with Gasteiger partial charge in [-0.1, -0.05) is 0 Å². The van der Waals surface area contributed by atoms with Crippen molar-refractivity contribution in [2.45, 2.75) is 25.4 Å². The first-order chi connectivity index (χ1) is 6.90. The van der Waals surface area contributed by atoms with E-state index < -0.39 is 11.5 Å². The second-order valence-corrected chi connectivity index (χ2v) is 3.93. The zero-order valence-corrected chi connectivity index (χ0v) is 10.1. The van der Waals surface area contributed by atoms with Crippen molar-refractivity contribution in [2.75, 3.05) is 34.5 Å². The summed E-state index contributed by atoms with van der Waals surface area (Å²) in [5, 5.41) is 9.19. The van der Waals surface area contributed by atoms with Crippen LogP contribution < -0.4 is 0 Å². The lowest BCUT2D eigenvalue weighted by molar-refractivity contribution is -0.155. The lowest BCUT2D eigenvalue weighted by Gasteiger charge is -2.38. The van der Waals surface area contributed by atoms with Gasteiger partial charge in [-0.2, -0.15) is 0 Å². The van der Waals surface area contributed by atoms with Crippen LogP contribution in [0.1, 0.15) is 13.8 Å². The number of carboxylic acid groups (broad SMARTS) is 1. The molecular weight excluding hydrogens is 198 g/mol. The summed E-state index contributed by atoms with van der Waals surface area (Å²) in [5.74, 6) is -0.894. The van der Waals surface area contributed by atoms with Crippen LogP contribution in [0.3, 0.4) is 0 Å². The molecule has 15 heavy (non-hydrogen) atoms. The predicted molar refractivity (Wildman–Crippen MR) is 57.0 cm³/mol. The number of nitrogens with zero attached hydrogens (tertiary/aromatic N) is 1. The molecule has 0 amide bonds. The summed E-state index contributed by atoms with van der Waals surface area (Å²) in [6.07, 6.45) is 0. The van der Waals surface area contributed by atoms with Crippen molar-refractivity contribution in [1.82, 2.24) is 4.90 Å². The molecule has 90 valence electrons. The fourth-order valence-electron chi connectivity index (χ4n) is 1.43. The van der Waals surface area contributed by atoms with Gasteiger partial charge in [0.05, 0.1) is 13.2 Å². The van der Waals surface area contributed by atoms with E-state index in [0.29, 0.717) is 6.61 Å². The van der Waals surface area contributed by atoms with Gasteiger partial charge >= 0.3 is 5.97 Å². The lowest BCUT2D eigenvalue weighted by Crippen LogP contribution is -2.57. The molecule has 0 saturated carbocycles. The molecule has 0 fully saturated rings. The van der Waals surface area contributed by atoms with Crippen molar-refractivity contribution < 1.29 is 19.4 Å². The predicted octanol–water partition coefficient (Wildman–Crippen LogP) is 0.443. The fourth-order valence-corrected chi connectivity index (χ4v) is 1.43. The summed E-state index contributed by atoms with van der Waals surface area (Å²) in [4.78, 5) is 13.0. The Morgan fingerprint density at radius 1 is 1.47 bits per heavy atom. The fraction of sp³-hybridized carbons (Fsp3) is 0.900. The minimum absolute atomic E-state index is 0.0197. The van der Waals surface area contributed by atoms with Crippen molar-refractivity contribution in [3.8, 4) is 0 Å². The average molecular weight is 219 g/mol. The van der Waals surface area contributed by atoms with E-state index in [-0.39, 0.29) is 12.6 Å². The number of aliphatic carboxylic acids is 1. The maximum Gasteiger partial charge on any atom is 0.326 e. The number of likely N-dealkylation sites (N-methyl/N-ethyl adjacent to an activating group) is 1. The van der Waals surface area contributed by atoms with Crippen molar-refractivity contribution in [2.24, 2.45) is 0 Å². The molecule has 0 spiro atoms. The van der Waals surface area contributed by atoms with Gasteiger partial charge < -0.3 is 14.6 Å².